The van der Waals surface area contributed by atoms with Gasteiger partial charge in [-0.25, -0.2) is 0 Å². The fraction of sp³-hybridized carbons (Fsp3) is 0.263. The van der Waals surface area contributed by atoms with Crippen molar-refractivity contribution in [1.82, 2.24) is 5.32 Å². The van der Waals surface area contributed by atoms with Gasteiger partial charge < -0.3 is 10.1 Å². The molecule has 0 unspecified atom stereocenters. The van der Waals surface area contributed by atoms with Gasteiger partial charge in [0.25, 0.3) is 5.91 Å². The third-order valence-corrected chi connectivity index (χ3v) is 4.46. The first-order valence-electron chi connectivity index (χ1n) is 7.84. The summed E-state index contributed by atoms with van der Waals surface area (Å²) >= 11 is 5.88. The molecule has 0 radical (unpaired) electrons. The van der Waals surface area contributed by atoms with Gasteiger partial charge >= 0.3 is 5.97 Å². The van der Waals surface area contributed by atoms with Gasteiger partial charge in [0.05, 0.1) is 5.41 Å². The standard InChI is InChI=1S/C19H18ClNO3/c20-16-8-6-15(7-9-16)19(10-11-19)18(23)24-13-17(22)21-12-14-4-2-1-3-5-14/h1-9H,10-13H2,(H,21,22). The number of ether oxygens (including phenoxy) is 1. The second-order valence-electron chi connectivity index (χ2n) is 5.93. The van der Waals surface area contributed by atoms with Crippen LogP contribution in [0, 0.1) is 0 Å². The van der Waals surface area contributed by atoms with Gasteiger partial charge in [-0.2, -0.15) is 0 Å². The summed E-state index contributed by atoms with van der Waals surface area (Å²) in [5, 5.41) is 3.37. The van der Waals surface area contributed by atoms with Crippen LogP contribution in [-0.4, -0.2) is 18.5 Å². The van der Waals surface area contributed by atoms with Gasteiger partial charge in [0.15, 0.2) is 6.61 Å². The molecule has 124 valence electrons. The van der Waals surface area contributed by atoms with Gasteiger partial charge in [-0.15, -0.1) is 0 Å². The first-order valence-corrected chi connectivity index (χ1v) is 8.22. The first kappa shape index (κ1) is 16.5. The summed E-state index contributed by atoms with van der Waals surface area (Å²) in [4.78, 5) is 24.2. The molecular weight excluding hydrogens is 326 g/mol. The maximum atomic E-state index is 12.4. The van der Waals surface area contributed by atoms with Crippen molar-refractivity contribution in [1.29, 1.82) is 0 Å². The second-order valence-corrected chi connectivity index (χ2v) is 6.36. The Hall–Kier alpha value is -2.33. The molecule has 2 aromatic carbocycles. The molecule has 1 amide bonds. The van der Waals surface area contributed by atoms with E-state index in [1.807, 2.05) is 42.5 Å². The Labute approximate surface area is 145 Å². The van der Waals surface area contributed by atoms with Crippen LogP contribution in [0.3, 0.4) is 0 Å². The molecule has 0 aliphatic heterocycles. The predicted octanol–water partition coefficient (Wildman–Crippen LogP) is 3.23. The maximum absolute atomic E-state index is 12.4. The van der Waals surface area contributed by atoms with E-state index in [2.05, 4.69) is 5.32 Å². The van der Waals surface area contributed by atoms with Crippen molar-refractivity contribution in [2.75, 3.05) is 6.61 Å². The molecule has 1 fully saturated rings. The third-order valence-electron chi connectivity index (χ3n) is 4.20. The Morgan fingerprint density at radius 2 is 1.71 bits per heavy atom. The summed E-state index contributed by atoms with van der Waals surface area (Å²) in [5.74, 6) is -0.654. The second kappa shape index (κ2) is 7.05. The highest BCUT2D eigenvalue weighted by atomic mass is 35.5. The summed E-state index contributed by atoms with van der Waals surface area (Å²) in [7, 11) is 0. The minimum atomic E-state index is -0.607. The van der Waals surface area contributed by atoms with Crippen LogP contribution in [0.5, 0.6) is 0 Å². The number of amides is 1. The van der Waals surface area contributed by atoms with Gasteiger partial charge in [0.1, 0.15) is 0 Å². The molecule has 24 heavy (non-hydrogen) atoms. The van der Waals surface area contributed by atoms with Crippen molar-refractivity contribution in [3.05, 3.63) is 70.7 Å². The molecule has 1 N–H and O–H groups in total. The van der Waals surface area contributed by atoms with Gasteiger partial charge in [-0.05, 0) is 36.1 Å². The van der Waals surface area contributed by atoms with Crippen LogP contribution >= 0.6 is 11.6 Å². The monoisotopic (exact) mass is 343 g/mol. The van der Waals surface area contributed by atoms with Crippen LogP contribution in [-0.2, 0) is 26.3 Å². The number of rotatable bonds is 6. The van der Waals surface area contributed by atoms with Crippen LogP contribution in [0.4, 0.5) is 0 Å². The quantitative estimate of drug-likeness (QED) is 0.819. The molecule has 5 heteroatoms. The molecule has 0 atom stereocenters. The van der Waals surface area contributed by atoms with E-state index in [4.69, 9.17) is 16.3 Å². The lowest BCUT2D eigenvalue weighted by atomic mass is 9.96. The molecule has 2 aromatic rings. The zero-order valence-corrected chi connectivity index (χ0v) is 13.9. The smallest absolute Gasteiger partial charge is 0.317 e. The van der Waals surface area contributed by atoms with E-state index in [0.717, 1.165) is 24.0 Å². The van der Waals surface area contributed by atoms with E-state index in [-0.39, 0.29) is 18.5 Å². The molecule has 1 aliphatic rings. The summed E-state index contributed by atoms with van der Waals surface area (Å²) in [6, 6.07) is 16.8. The van der Waals surface area contributed by atoms with Crippen LogP contribution in [0.2, 0.25) is 5.02 Å². The van der Waals surface area contributed by atoms with E-state index in [1.165, 1.54) is 0 Å². The molecule has 0 bridgehead atoms. The number of nitrogens with one attached hydrogen (secondary N) is 1. The van der Waals surface area contributed by atoms with Crippen LogP contribution in [0.15, 0.2) is 54.6 Å². The number of benzene rings is 2. The molecule has 0 saturated heterocycles. The summed E-state index contributed by atoms with van der Waals surface area (Å²) in [6.45, 7) is 0.153. The Morgan fingerprint density at radius 1 is 1.04 bits per heavy atom. The van der Waals surface area contributed by atoms with Crippen molar-refractivity contribution in [2.24, 2.45) is 0 Å². The number of hydrogen-bond acceptors (Lipinski definition) is 3. The summed E-state index contributed by atoms with van der Waals surface area (Å²) in [5.41, 5.74) is 1.28. The van der Waals surface area contributed by atoms with Crippen LogP contribution in [0.25, 0.3) is 0 Å². The highest BCUT2D eigenvalue weighted by Crippen LogP contribution is 2.49. The highest BCUT2D eigenvalue weighted by molar-refractivity contribution is 6.30. The summed E-state index contributed by atoms with van der Waals surface area (Å²) in [6.07, 6.45) is 1.47. The van der Waals surface area contributed by atoms with E-state index in [9.17, 15) is 9.59 Å². The fourth-order valence-corrected chi connectivity index (χ4v) is 2.75. The lowest BCUT2D eigenvalue weighted by molar-refractivity contribution is -0.151. The molecule has 4 nitrogen and oxygen atoms in total. The number of halogens is 1. The van der Waals surface area contributed by atoms with Crippen molar-refractivity contribution in [3.8, 4) is 0 Å². The summed E-state index contributed by atoms with van der Waals surface area (Å²) < 4.78 is 5.22. The highest BCUT2D eigenvalue weighted by Gasteiger charge is 2.52. The van der Waals surface area contributed by atoms with Gasteiger partial charge in [0.2, 0.25) is 0 Å². The van der Waals surface area contributed by atoms with Crippen molar-refractivity contribution >= 4 is 23.5 Å². The zero-order chi connectivity index (χ0) is 17.0. The van der Waals surface area contributed by atoms with Crippen molar-refractivity contribution in [2.45, 2.75) is 24.8 Å². The SMILES string of the molecule is O=C(COC(=O)C1(c2ccc(Cl)cc2)CC1)NCc1ccccc1. The Morgan fingerprint density at radius 3 is 2.33 bits per heavy atom. The van der Waals surface area contributed by atoms with Gasteiger partial charge in [0, 0.05) is 11.6 Å². The van der Waals surface area contributed by atoms with Crippen LogP contribution in [0.1, 0.15) is 24.0 Å². The van der Waals surface area contributed by atoms with Crippen LogP contribution < -0.4 is 5.32 Å². The number of carbonyl (C=O) groups is 2. The Bertz CT molecular complexity index is 724. The Balaban J connectivity index is 1.50. The predicted molar refractivity (Wildman–Crippen MR) is 91.6 cm³/mol. The lowest BCUT2D eigenvalue weighted by Gasteiger charge is -2.15. The maximum Gasteiger partial charge on any atom is 0.317 e. The fourth-order valence-electron chi connectivity index (χ4n) is 2.62. The van der Waals surface area contributed by atoms with Gasteiger partial charge in [-0.3, -0.25) is 9.59 Å². The van der Waals surface area contributed by atoms with Crippen molar-refractivity contribution < 1.29 is 14.3 Å². The van der Waals surface area contributed by atoms with Gasteiger partial charge in [-0.1, -0.05) is 54.1 Å². The molecular formula is C19H18ClNO3. The van der Waals surface area contributed by atoms with E-state index < -0.39 is 5.41 Å². The number of hydrogen-bond donors (Lipinski definition) is 1. The minimum Gasteiger partial charge on any atom is -0.455 e. The molecule has 0 spiro atoms. The largest absolute Gasteiger partial charge is 0.455 e. The average Bonchev–Trinajstić information content (AvgIpc) is 3.41. The minimum absolute atomic E-state index is 0.263. The lowest BCUT2D eigenvalue weighted by Crippen LogP contribution is -2.31. The molecule has 0 aromatic heterocycles. The first-order chi connectivity index (χ1) is 11.6. The topological polar surface area (TPSA) is 55.4 Å². The number of carbonyl (C=O) groups excluding carboxylic acids is 2. The molecule has 1 saturated carbocycles. The zero-order valence-electron chi connectivity index (χ0n) is 13.1. The molecule has 1 aliphatic carbocycles. The van der Waals surface area contributed by atoms with E-state index >= 15 is 0 Å². The average molecular weight is 344 g/mol. The van der Waals surface area contributed by atoms with Crippen molar-refractivity contribution in [3.63, 3.8) is 0 Å². The number of esters is 1. The Kier molecular flexibility index (Phi) is 4.86. The third kappa shape index (κ3) is 3.77. The molecule has 0 heterocycles. The normalized spacial score (nSPS) is 14.7. The van der Waals surface area contributed by atoms with E-state index in [0.29, 0.717) is 11.6 Å². The van der Waals surface area contributed by atoms with E-state index in [1.54, 1.807) is 12.1 Å². The molecule has 3 rings (SSSR count).